The SMILES string of the molecule is CC(C)OC(=O)Nc1ccc(-c2c(C#N)c3ccc(SCCc4nccn4C)cc3n2C2CCC2)cc1. The first-order valence-electron chi connectivity index (χ1n) is 12.7. The summed E-state index contributed by atoms with van der Waals surface area (Å²) in [5.41, 5.74) is 4.39. The standard InChI is InChI=1S/C29H31N5O2S/c1-19(2)36-29(35)32-21-9-7-20(8-10-21)28-25(18-30)24-12-11-23(17-26(24)34(28)22-5-4-6-22)37-16-13-27-31-14-15-33(27)3/h7-12,14-15,17,19,22H,4-6,13,16H2,1-3H3,(H,32,35). The van der Waals surface area contributed by atoms with Gasteiger partial charge in [0.25, 0.3) is 0 Å². The lowest BCUT2D eigenvalue weighted by atomic mass is 9.92. The van der Waals surface area contributed by atoms with Crippen LogP contribution in [-0.2, 0) is 18.2 Å². The molecule has 0 atom stereocenters. The van der Waals surface area contributed by atoms with Gasteiger partial charge in [0.05, 0.1) is 22.9 Å². The number of carbonyl (C=O) groups excluding carboxylic acids is 1. The molecule has 1 fully saturated rings. The Morgan fingerprint density at radius 2 is 2.03 bits per heavy atom. The molecule has 190 valence electrons. The van der Waals surface area contributed by atoms with Crippen molar-refractivity contribution < 1.29 is 9.53 Å². The van der Waals surface area contributed by atoms with Crippen LogP contribution in [0.4, 0.5) is 10.5 Å². The predicted octanol–water partition coefficient (Wildman–Crippen LogP) is 6.93. The highest BCUT2D eigenvalue weighted by Crippen LogP contribution is 2.43. The molecule has 8 heteroatoms. The van der Waals surface area contributed by atoms with Gasteiger partial charge in [-0.1, -0.05) is 18.2 Å². The van der Waals surface area contributed by atoms with Gasteiger partial charge in [0, 0.05) is 53.6 Å². The van der Waals surface area contributed by atoms with E-state index in [1.165, 1.54) is 11.3 Å². The average molecular weight is 514 g/mol. The number of fused-ring (bicyclic) bond motifs is 1. The number of hydrogen-bond acceptors (Lipinski definition) is 5. The zero-order valence-corrected chi connectivity index (χ0v) is 22.2. The lowest BCUT2D eigenvalue weighted by Crippen LogP contribution is -2.18. The van der Waals surface area contributed by atoms with E-state index >= 15 is 0 Å². The van der Waals surface area contributed by atoms with Crippen LogP contribution in [0.3, 0.4) is 0 Å². The minimum Gasteiger partial charge on any atom is -0.447 e. The van der Waals surface area contributed by atoms with Crippen molar-refractivity contribution in [1.82, 2.24) is 14.1 Å². The zero-order valence-electron chi connectivity index (χ0n) is 21.4. The first-order valence-corrected chi connectivity index (χ1v) is 13.7. The van der Waals surface area contributed by atoms with Crippen molar-refractivity contribution >= 4 is 34.4 Å². The summed E-state index contributed by atoms with van der Waals surface area (Å²) in [5.74, 6) is 2.02. The van der Waals surface area contributed by atoms with Crippen LogP contribution in [0, 0.1) is 11.3 Å². The number of anilines is 1. The van der Waals surface area contributed by atoms with E-state index in [0.29, 0.717) is 17.3 Å². The smallest absolute Gasteiger partial charge is 0.411 e. The van der Waals surface area contributed by atoms with Crippen molar-refractivity contribution in [2.75, 3.05) is 11.1 Å². The molecule has 0 aliphatic heterocycles. The minimum atomic E-state index is -0.475. The van der Waals surface area contributed by atoms with Crippen molar-refractivity contribution in [3.05, 3.63) is 66.2 Å². The number of carbonyl (C=O) groups is 1. The van der Waals surface area contributed by atoms with Gasteiger partial charge in [0.15, 0.2) is 0 Å². The first-order chi connectivity index (χ1) is 17.9. The van der Waals surface area contributed by atoms with Crippen LogP contribution in [0.2, 0.25) is 0 Å². The molecule has 0 unspecified atom stereocenters. The molecule has 1 N–H and O–H groups in total. The molecule has 4 aromatic rings. The van der Waals surface area contributed by atoms with Crippen LogP contribution in [-0.4, -0.2) is 32.1 Å². The fourth-order valence-corrected chi connectivity index (χ4v) is 5.65. The number of nitriles is 1. The molecule has 2 heterocycles. The van der Waals surface area contributed by atoms with Crippen LogP contribution in [0.15, 0.2) is 59.8 Å². The van der Waals surface area contributed by atoms with Gasteiger partial charge in [-0.15, -0.1) is 11.8 Å². The number of aromatic nitrogens is 3. The van der Waals surface area contributed by atoms with Crippen molar-refractivity contribution in [1.29, 1.82) is 5.26 Å². The highest BCUT2D eigenvalue weighted by Gasteiger charge is 2.28. The molecule has 5 rings (SSSR count). The number of imidazole rings is 1. The fourth-order valence-electron chi connectivity index (χ4n) is 4.77. The molecule has 2 aromatic carbocycles. The van der Waals surface area contributed by atoms with Crippen LogP contribution in [0.25, 0.3) is 22.2 Å². The lowest BCUT2D eigenvalue weighted by molar-refractivity contribution is 0.130. The number of aryl methyl sites for hydroxylation is 2. The van der Waals surface area contributed by atoms with E-state index < -0.39 is 6.09 Å². The van der Waals surface area contributed by atoms with Crippen LogP contribution >= 0.6 is 11.8 Å². The van der Waals surface area contributed by atoms with Gasteiger partial charge >= 0.3 is 6.09 Å². The molecule has 1 aliphatic carbocycles. The van der Waals surface area contributed by atoms with E-state index in [1.807, 2.05) is 69.3 Å². The van der Waals surface area contributed by atoms with Crippen molar-refractivity contribution in [3.8, 4) is 17.3 Å². The maximum absolute atomic E-state index is 12.0. The summed E-state index contributed by atoms with van der Waals surface area (Å²) in [7, 11) is 2.02. The summed E-state index contributed by atoms with van der Waals surface area (Å²) >= 11 is 1.82. The van der Waals surface area contributed by atoms with Gasteiger partial charge in [-0.05, 0) is 62.9 Å². The summed E-state index contributed by atoms with van der Waals surface area (Å²) in [5, 5.41) is 14.0. The second kappa shape index (κ2) is 10.7. The third-order valence-electron chi connectivity index (χ3n) is 6.79. The second-order valence-electron chi connectivity index (χ2n) is 9.68. The second-order valence-corrected chi connectivity index (χ2v) is 10.8. The quantitative estimate of drug-likeness (QED) is 0.258. The van der Waals surface area contributed by atoms with Gasteiger partial charge in [0.2, 0.25) is 0 Å². The van der Waals surface area contributed by atoms with Gasteiger partial charge in [-0.25, -0.2) is 9.78 Å². The van der Waals surface area contributed by atoms with Crippen LogP contribution in [0.1, 0.15) is 50.5 Å². The number of thioether (sulfide) groups is 1. The van der Waals surface area contributed by atoms with Crippen LogP contribution in [0.5, 0.6) is 0 Å². The van der Waals surface area contributed by atoms with E-state index in [9.17, 15) is 10.1 Å². The lowest BCUT2D eigenvalue weighted by Gasteiger charge is -2.30. The summed E-state index contributed by atoms with van der Waals surface area (Å²) in [4.78, 5) is 17.6. The Labute approximate surface area is 221 Å². The van der Waals surface area contributed by atoms with E-state index in [1.54, 1.807) is 0 Å². The fraction of sp³-hybridized carbons (Fsp3) is 0.345. The van der Waals surface area contributed by atoms with Gasteiger partial charge in [-0.3, -0.25) is 5.32 Å². The molecule has 1 amide bonds. The zero-order chi connectivity index (χ0) is 25.9. The Hall–Kier alpha value is -3.70. The average Bonchev–Trinajstić information content (AvgIpc) is 3.38. The Bertz CT molecular complexity index is 1460. The Morgan fingerprint density at radius 1 is 1.24 bits per heavy atom. The molecule has 1 aliphatic rings. The molecule has 7 nitrogen and oxygen atoms in total. The summed E-state index contributed by atoms with van der Waals surface area (Å²) < 4.78 is 9.61. The van der Waals surface area contributed by atoms with Crippen LogP contribution < -0.4 is 5.32 Å². The van der Waals surface area contributed by atoms with Gasteiger partial charge in [-0.2, -0.15) is 5.26 Å². The number of nitrogens with one attached hydrogen (secondary N) is 1. The number of nitrogens with zero attached hydrogens (tertiary/aromatic N) is 4. The predicted molar refractivity (Wildman–Crippen MR) is 148 cm³/mol. The summed E-state index contributed by atoms with van der Waals surface area (Å²) in [6.07, 6.45) is 7.47. The Kier molecular flexibility index (Phi) is 7.24. The van der Waals surface area contributed by atoms with Crippen molar-refractivity contribution in [2.24, 2.45) is 7.05 Å². The van der Waals surface area contributed by atoms with Gasteiger partial charge in [0.1, 0.15) is 11.9 Å². The minimum absolute atomic E-state index is 0.187. The maximum atomic E-state index is 12.0. The van der Waals surface area contributed by atoms with Crippen molar-refractivity contribution in [3.63, 3.8) is 0 Å². The number of benzene rings is 2. The number of rotatable bonds is 8. The monoisotopic (exact) mass is 513 g/mol. The van der Waals surface area contributed by atoms with Crippen molar-refractivity contribution in [2.45, 2.75) is 56.6 Å². The molecular formula is C29H31N5O2S. The number of hydrogen-bond donors (Lipinski definition) is 1. The third-order valence-corrected chi connectivity index (χ3v) is 7.79. The highest BCUT2D eigenvalue weighted by molar-refractivity contribution is 7.99. The molecule has 0 radical (unpaired) electrons. The molecule has 2 aromatic heterocycles. The summed E-state index contributed by atoms with van der Waals surface area (Å²) in [6, 6.07) is 17.0. The third kappa shape index (κ3) is 5.23. The number of ether oxygens (including phenoxy) is 1. The van der Waals surface area contributed by atoms with E-state index in [-0.39, 0.29) is 6.10 Å². The normalized spacial score (nSPS) is 13.5. The molecular weight excluding hydrogens is 482 g/mol. The first kappa shape index (κ1) is 25.0. The largest absolute Gasteiger partial charge is 0.447 e. The number of amides is 1. The van der Waals surface area contributed by atoms with E-state index in [0.717, 1.165) is 53.0 Å². The summed E-state index contributed by atoms with van der Waals surface area (Å²) in [6.45, 7) is 3.63. The van der Waals surface area contributed by atoms with E-state index in [4.69, 9.17) is 4.74 Å². The Balaban J connectivity index is 1.46. The Morgan fingerprint density at radius 3 is 2.65 bits per heavy atom. The molecule has 0 bridgehead atoms. The molecule has 1 saturated carbocycles. The van der Waals surface area contributed by atoms with Gasteiger partial charge < -0.3 is 13.9 Å². The maximum Gasteiger partial charge on any atom is 0.411 e. The topological polar surface area (TPSA) is 84.9 Å². The molecule has 0 saturated heterocycles. The molecule has 0 spiro atoms. The van der Waals surface area contributed by atoms with E-state index in [2.05, 4.69) is 43.7 Å². The molecule has 37 heavy (non-hydrogen) atoms. The highest BCUT2D eigenvalue weighted by atomic mass is 32.2.